The van der Waals surface area contributed by atoms with Crippen LogP contribution in [0.5, 0.6) is 0 Å². The molecule has 0 aromatic heterocycles. The van der Waals surface area contributed by atoms with Gasteiger partial charge in [0.25, 0.3) is 0 Å². The molecule has 116 valence electrons. The molecule has 1 aliphatic carbocycles. The van der Waals surface area contributed by atoms with Crippen LogP contribution in [0.15, 0.2) is 30.3 Å². The predicted octanol–water partition coefficient (Wildman–Crippen LogP) is 2.47. The average molecular weight is 290 g/mol. The molecule has 21 heavy (non-hydrogen) atoms. The molecule has 1 atom stereocenters. The van der Waals surface area contributed by atoms with Crippen molar-refractivity contribution >= 4 is 6.03 Å². The molecule has 1 saturated carbocycles. The first-order valence-corrected chi connectivity index (χ1v) is 7.86. The van der Waals surface area contributed by atoms with E-state index < -0.39 is 0 Å². The molecule has 3 N–H and O–H groups in total. The second-order valence-electron chi connectivity index (χ2n) is 6.13. The summed E-state index contributed by atoms with van der Waals surface area (Å²) in [6.07, 6.45) is 5.33. The summed E-state index contributed by atoms with van der Waals surface area (Å²) in [5.41, 5.74) is 1.54. The zero-order valence-electron chi connectivity index (χ0n) is 12.8. The first kappa shape index (κ1) is 15.8. The molecular weight excluding hydrogens is 264 g/mol. The number of carbonyl (C=O) groups excluding carboxylic acids is 1. The minimum atomic E-state index is -0.171. The Labute approximate surface area is 126 Å². The van der Waals surface area contributed by atoms with Gasteiger partial charge in [-0.05, 0) is 36.7 Å². The van der Waals surface area contributed by atoms with E-state index in [9.17, 15) is 4.79 Å². The smallest absolute Gasteiger partial charge is 0.315 e. The second-order valence-corrected chi connectivity index (χ2v) is 6.13. The van der Waals surface area contributed by atoms with Crippen molar-refractivity contribution in [2.24, 2.45) is 5.41 Å². The van der Waals surface area contributed by atoms with Gasteiger partial charge in [-0.1, -0.05) is 43.7 Å². The maximum Gasteiger partial charge on any atom is 0.315 e. The van der Waals surface area contributed by atoms with Crippen LogP contribution < -0.4 is 10.6 Å². The molecule has 0 saturated heterocycles. The molecule has 2 amide bonds. The van der Waals surface area contributed by atoms with Crippen LogP contribution in [0.3, 0.4) is 0 Å². The van der Waals surface area contributed by atoms with Crippen molar-refractivity contribution in [2.45, 2.75) is 45.1 Å². The van der Waals surface area contributed by atoms with Crippen molar-refractivity contribution in [3.8, 4) is 0 Å². The highest BCUT2D eigenvalue weighted by molar-refractivity contribution is 5.74. The molecular formula is C17H26N2O2. The first-order chi connectivity index (χ1) is 10.2. The molecule has 0 radical (unpaired) electrons. The summed E-state index contributed by atoms with van der Waals surface area (Å²) in [4.78, 5) is 11.9. The Kier molecular flexibility index (Phi) is 5.62. The van der Waals surface area contributed by atoms with E-state index in [-0.39, 0.29) is 24.1 Å². The summed E-state index contributed by atoms with van der Waals surface area (Å²) in [6.45, 7) is 2.64. The highest BCUT2D eigenvalue weighted by atomic mass is 16.3. The van der Waals surface area contributed by atoms with Crippen LogP contribution in [-0.2, 0) is 6.42 Å². The maximum absolute atomic E-state index is 11.9. The number of hydrogen-bond acceptors (Lipinski definition) is 2. The Morgan fingerprint density at radius 2 is 2.05 bits per heavy atom. The number of hydrogen-bond donors (Lipinski definition) is 3. The number of rotatable bonds is 7. The summed E-state index contributed by atoms with van der Waals surface area (Å²) >= 11 is 0. The molecule has 4 nitrogen and oxygen atoms in total. The standard InChI is InChI=1S/C17H26N2O2/c1-2-15(12-20)19-16(21)18-13-17(9-6-10-17)11-14-7-4-3-5-8-14/h3-5,7-8,15,20H,2,6,9-13H2,1H3,(H2,18,19,21). The van der Waals surface area contributed by atoms with E-state index in [1.54, 1.807) is 0 Å². The van der Waals surface area contributed by atoms with Crippen LogP contribution in [0.2, 0.25) is 0 Å². The van der Waals surface area contributed by atoms with E-state index >= 15 is 0 Å². The van der Waals surface area contributed by atoms with Crippen LogP contribution in [-0.4, -0.2) is 30.3 Å². The minimum Gasteiger partial charge on any atom is -0.394 e. The van der Waals surface area contributed by atoms with Crippen molar-refractivity contribution in [1.29, 1.82) is 0 Å². The van der Waals surface area contributed by atoms with E-state index in [0.29, 0.717) is 6.54 Å². The first-order valence-electron chi connectivity index (χ1n) is 7.86. The van der Waals surface area contributed by atoms with Crippen molar-refractivity contribution in [3.05, 3.63) is 35.9 Å². The summed E-state index contributed by atoms with van der Waals surface area (Å²) in [5.74, 6) is 0. The number of carbonyl (C=O) groups is 1. The van der Waals surface area contributed by atoms with Crippen molar-refractivity contribution in [1.82, 2.24) is 10.6 Å². The fraction of sp³-hybridized carbons (Fsp3) is 0.588. The highest BCUT2D eigenvalue weighted by Crippen LogP contribution is 2.43. The van der Waals surface area contributed by atoms with Crippen LogP contribution in [0, 0.1) is 5.41 Å². The second kappa shape index (κ2) is 7.46. The van der Waals surface area contributed by atoms with Gasteiger partial charge in [0, 0.05) is 6.54 Å². The molecule has 0 bridgehead atoms. The SMILES string of the molecule is CCC(CO)NC(=O)NCC1(Cc2ccccc2)CCC1. The van der Waals surface area contributed by atoms with Crippen LogP contribution in [0.4, 0.5) is 4.79 Å². The van der Waals surface area contributed by atoms with Crippen LogP contribution in [0.1, 0.15) is 38.2 Å². The van der Waals surface area contributed by atoms with Gasteiger partial charge in [0.2, 0.25) is 0 Å². The number of amides is 2. The van der Waals surface area contributed by atoms with Crippen molar-refractivity contribution in [2.75, 3.05) is 13.2 Å². The van der Waals surface area contributed by atoms with Gasteiger partial charge in [0.15, 0.2) is 0 Å². The van der Waals surface area contributed by atoms with Gasteiger partial charge in [-0.3, -0.25) is 0 Å². The van der Waals surface area contributed by atoms with Crippen molar-refractivity contribution in [3.63, 3.8) is 0 Å². The summed E-state index contributed by atoms with van der Waals surface area (Å²) in [6, 6.07) is 10.1. The average Bonchev–Trinajstić information content (AvgIpc) is 2.48. The third-order valence-corrected chi connectivity index (χ3v) is 4.51. The summed E-state index contributed by atoms with van der Waals surface area (Å²) < 4.78 is 0. The molecule has 0 heterocycles. The van der Waals surface area contributed by atoms with Gasteiger partial charge in [0.1, 0.15) is 0 Å². The zero-order chi connectivity index (χ0) is 15.1. The Hall–Kier alpha value is -1.55. The molecule has 1 aliphatic rings. The molecule has 1 unspecified atom stereocenters. The lowest BCUT2D eigenvalue weighted by molar-refractivity contribution is 0.130. The largest absolute Gasteiger partial charge is 0.394 e. The Morgan fingerprint density at radius 1 is 1.33 bits per heavy atom. The van der Waals surface area contributed by atoms with Gasteiger partial charge in [-0.25, -0.2) is 4.79 Å². The van der Waals surface area contributed by atoms with Crippen molar-refractivity contribution < 1.29 is 9.90 Å². The lowest BCUT2D eigenvalue weighted by atomic mass is 9.65. The van der Waals surface area contributed by atoms with Gasteiger partial charge < -0.3 is 15.7 Å². The molecule has 0 spiro atoms. The normalized spacial score (nSPS) is 17.6. The molecule has 2 rings (SSSR count). The zero-order valence-corrected chi connectivity index (χ0v) is 12.8. The number of nitrogens with one attached hydrogen (secondary N) is 2. The molecule has 0 aliphatic heterocycles. The quantitative estimate of drug-likeness (QED) is 0.722. The maximum atomic E-state index is 11.9. The highest BCUT2D eigenvalue weighted by Gasteiger charge is 2.37. The topological polar surface area (TPSA) is 61.4 Å². The molecule has 1 aromatic rings. The van der Waals surface area contributed by atoms with Gasteiger partial charge in [0.05, 0.1) is 12.6 Å². The minimum absolute atomic E-state index is 0.0148. The molecule has 1 fully saturated rings. The Morgan fingerprint density at radius 3 is 2.57 bits per heavy atom. The van der Waals surface area contributed by atoms with Crippen LogP contribution >= 0.6 is 0 Å². The Balaban J connectivity index is 1.83. The fourth-order valence-corrected chi connectivity index (χ4v) is 2.90. The van der Waals surface area contributed by atoms with Crippen LogP contribution in [0.25, 0.3) is 0 Å². The molecule has 4 heteroatoms. The number of aliphatic hydroxyl groups is 1. The monoisotopic (exact) mass is 290 g/mol. The number of urea groups is 1. The van der Waals surface area contributed by atoms with E-state index in [0.717, 1.165) is 12.8 Å². The predicted molar refractivity (Wildman–Crippen MR) is 84.1 cm³/mol. The number of benzene rings is 1. The Bertz CT molecular complexity index is 439. The van der Waals surface area contributed by atoms with E-state index in [1.165, 1.54) is 24.8 Å². The van der Waals surface area contributed by atoms with Gasteiger partial charge >= 0.3 is 6.03 Å². The lowest BCUT2D eigenvalue weighted by Crippen LogP contribution is -2.49. The molecule has 1 aromatic carbocycles. The lowest BCUT2D eigenvalue weighted by Gasteiger charge is -2.42. The summed E-state index contributed by atoms with van der Waals surface area (Å²) in [5, 5.41) is 14.9. The summed E-state index contributed by atoms with van der Waals surface area (Å²) in [7, 11) is 0. The van der Waals surface area contributed by atoms with E-state index in [4.69, 9.17) is 5.11 Å². The number of aliphatic hydroxyl groups excluding tert-OH is 1. The van der Waals surface area contributed by atoms with Gasteiger partial charge in [-0.2, -0.15) is 0 Å². The third kappa shape index (κ3) is 4.46. The third-order valence-electron chi connectivity index (χ3n) is 4.51. The van der Waals surface area contributed by atoms with Gasteiger partial charge in [-0.15, -0.1) is 0 Å². The fourth-order valence-electron chi connectivity index (χ4n) is 2.90. The van der Waals surface area contributed by atoms with E-state index in [2.05, 4.69) is 34.9 Å². The van der Waals surface area contributed by atoms with E-state index in [1.807, 2.05) is 13.0 Å².